The zero-order valence-electron chi connectivity index (χ0n) is 16.0. The smallest absolute Gasteiger partial charge is 0.211 e. The van der Waals surface area contributed by atoms with E-state index in [1.165, 1.54) is 0 Å². The Morgan fingerprint density at radius 2 is 1.54 bits per heavy atom. The van der Waals surface area contributed by atoms with Crippen molar-refractivity contribution in [3.05, 3.63) is 23.8 Å². The lowest BCUT2D eigenvalue weighted by atomic mass is 9.87. The Kier molecular flexibility index (Phi) is 10.9. The molecular weight excluding hydrogens is 338 g/mol. The monoisotopic (exact) mass is 369 g/mol. The molecule has 0 saturated carbocycles. The topological polar surface area (TPSA) is 86.2 Å². The van der Waals surface area contributed by atoms with Gasteiger partial charge < -0.3 is 29.4 Å². The van der Waals surface area contributed by atoms with Gasteiger partial charge in [-0.1, -0.05) is 26.8 Å². The Bertz CT molecular complexity index is 515. The van der Waals surface area contributed by atoms with Crippen LogP contribution in [0.25, 0.3) is 0 Å². The van der Waals surface area contributed by atoms with Gasteiger partial charge in [-0.25, -0.2) is 0 Å². The summed E-state index contributed by atoms with van der Waals surface area (Å²) in [6, 6.07) is 5.79. The van der Waals surface area contributed by atoms with Crippen LogP contribution in [0, 0.1) is 0 Å². The number of carbonyl (C=O) groups is 1. The summed E-state index contributed by atoms with van der Waals surface area (Å²) in [6.45, 7) is 9.36. The van der Waals surface area contributed by atoms with Crippen LogP contribution in [-0.4, -0.2) is 64.4 Å². The summed E-state index contributed by atoms with van der Waals surface area (Å²) in [5.74, 6) is 0.617. The fourth-order valence-electron chi connectivity index (χ4n) is 2.12. The Morgan fingerprint density at radius 3 is 2.08 bits per heavy atom. The van der Waals surface area contributed by atoms with Crippen molar-refractivity contribution < 1.29 is 28.8 Å². The molecule has 0 fully saturated rings. The maximum absolute atomic E-state index is 10.8. The van der Waals surface area contributed by atoms with E-state index < -0.39 is 0 Å². The third-order valence-corrected chi connectivity index (χ3v) is 3.52. The molecule has 0 aromatic heterocycles. The van der Waals surface area contributed by atoms with Crippen LogP contribution in [0.2, 0.25) is 0 Å². The Morgan fingerprint density at radius 1 is 0.962 bits per heavy atom. The number of ether oxygens (including phenoxy) is 4. The number of hydrogen-bond acceptors (Lipinski definition) is 6. The van der Waals surface area contributed by atoms with E-state index in [2.05, 4.69) is 26.1 Å². The predicted molar refractivity (Wildman–Crippen MR) is 99.9 cm³/mol. The lowest BCUT2D eigenvalue weighted by Gasteiger charge is -2.21. The summed E-state index contributed by atoms with van der Waals surface area (Å²) in [5.41, 5.74) is 1.76. The highest BCUT2D eigenvalue weighted by Gasteiger charge is 2.16. The maximum atomic E-state index is 10.8. The van der Waals surface area contributed by atoms with Gasteiger partial charge >= 0.3 is 0 Å². The van der Waals surface area contributed by atoms with E-state index in [0.717, 1.165) is 5.56 Å². The summed E-state index contributed by atoms with van der Waals surface area (Å²) in [4.78, 5) is 10.8. The SMILES string of the molecule is CC(C)(C)c1ccc(OCCOCCOCCOCCO)c(NC=O)c1. The van der Waals surface area contributed by atoms with Crippen LogP contribution in [-0.2, 0) is 24.4 Å². The number of aliphatic hydroxyl groups is 1. The summed E-state index contributed by atoms with van der Waals surface area (Å²) in [7, 11) is 0. The summed E-state index contributed by atoms with van der Waals surface area (Å²) < 4.78 is 21.5. The molecule has 1 aromatic carbocycles. The van der Waals surface area contributed by atoms with Crippen LogP contribution in [0.4, 0.5) is 5.69 Å². The number of benzene rings is 1. The minimum Gasteiger partial charge on any atom is -0.489 e. The number of anilines is 1. The molecule has 1 amide bonds. The summed E-state index contributed by atoms with van der Waals surface area (Å²) >= 11 is 0. The third kappa shape index (κ3) is 9.15. The van der Waals surface area contributed by atoms with Crippen LogP contribution < -0.4 is 10.1 Å². The molecule has 0 radical (unpaired) electrons. The van der Waals surface area contributed by atoms with Gasteiger partial charge in [-0.15, -0.1) is 0 Å². The van der Waals surface area contributed by atoms with Crippen LogP contribution in [0.3, 0.4) is 0 Å². The lowest BCUT2D eigenvalue weighted by molar-refractivity contribution is -0.105. The second-order valence-corrected chi connectivity index (χ2v) is 6.63. The second-order valence-electron chi connectivity index (χ2n) is 6.63. The molecule has 2 N–H and O–H groups in total. The second kappa shape index (κ2) is 12.6. The van der Waals surface area contributed by atoms with Gasteiger partial charge in [0.1, 0.15) is 12.4 Å². The minimum absolute atomic E-state index is 0.00983. The molecule has 7 heteroatoms. The van der Waals surface area contributed by atoms with Crippen molar-refractivity contribution in [3.8, 4) is 5.75 Å². The Hall–Kier alpha value is -1.67. The lowest BCUT2D eigenvalue weighted by Crippen LogP contribution is -2.14. The van der Waals surface area contributed by atoms with E-state index in [9.17, 15) is 4.79 Å². The van der Waals surface area contributed by atoms with Crippen LogP contribution >= 0.6 is 0 Å². The van der Waals surface area contributed by atoms with E-state index in [1.54, 1.807) is 0 Å². The van der Waals surface area contributed by atoms with Gasteiger partial charge in [-0.05, 0) is 23.1 Å². The molecule has 0 aliphatic heterocycles. The highest BCUT2D eigenvalue weighted by molar-refractivity contribution is 5.76. The van der Waals surface area contributed by atoms with E-state index in [4.69, 9.17) is 24.1 Å². The van der Waals surface area contributed by atoms with Crippen molar-refractivity contribution in [1.82, 2.24) is 0 Å². The average Bonchev–Trinajstić information content (AvgIpc) is 2.60. The molecule has 0 spiro atoms. The average molecular weight is 369 g/mol. The highest BCUT2D eigenvalue weighted by atomic mass is 16.6. The van der Waals surface area contributed by atoms with Crippen molar-refractivity contribution in [3.63, 3.8) is 0 Å². The summed E-state index contributed by atoms with van der Waals surface area (Å²) in [6.07, 6.45) is 0.646. The molecule has 0 atom stereocenters. The van der Waals surface area contributed by atoms with Gasteiger partial charge in [0.25, 0.3) is 0 Å². The first-order valence-corrected chi connectivity index (χ1v) is 8.80. The quantitative estimate of drug-likeness (QED) is 0.385. The first-order chi connectivity index (χ1) is 12.5. The molecule has 7 nitrogen and oxygen atoms in total. The summed E-state index contributed by atoms with van der Waals surface area (Å²) in [5, 5.41) is 11.2. The van der Waals surface area contributed by atoms with E-state index in [-0.39, 0.29) is 12.0 Å². The molecule has 0 unspecified atom stereocenters. The molecule has 0 bridgehead atoms. The van der Waals surface area contributed by atoms with E-state index >= 15 is 0 Å². The van der Waals surface area contributed by atoms with Gasteiger partial charge in [0.05, 0.1) is 51.9 Å². The number of rotatable bonds is 14. The van der Waals surface area contributed by atoms with Crippen molar-refractivity contribution in [2.24, 2.45) is 0 Å². The predicted octanol–water partition coefficient (Wildman–Crippen LogP) is 1.97. The van der Waals surface area contributed by atoms with E-state index in [1.807, 2.05) is 18.2 Å². The third-order valence-electron chi connectivity index (χ3n) is 3.52. The Labute approximate surface area is 155 Å². The number of hydrogen-bond donors (Lipinski definition) is 2. The molecule has 0 aliphatic carbocycles. The van der Waals surface area contributed by atoms with Gasteiger partial charge in [0.2, 0.25) is 6.41 Å². The molecule has 1 rings (SSSR count). The van der Waals surface area contributed by atoms with Gasteiger partial charge in [-0.3, -0.25) is 4.79 Å². The molecular formula is C19H31NO6. The van der Waals surface area contributed by atoms with Crippen molar-refractivity contribution >= 4 is 12.1 Å². The fourth-order valence-corrected chi connectivity index (χ4v) is 2.12. The van der Waals surface area contributed by atoms with Crippen molar-refractivity contribution in [2.75, 3.05) is 58.2 Å². The van der Waals surface area contributed by atoms with Crippen LogP contribution in [0.15, 0.2) is 18.2 Å². The molecule has 0 heterocycles. The van der Waals surface area contributed by atoms with Gasteiger partial charge in [0, 0.05) is 0 Å². The van der Waals surface area contributed by atoms with Crippen LogP contribution in [0.5, 0.6) is 5.75 Å². The minimum atomic E-state index is -0.00983. The molecule has 0 aliphatic rings. The van der Waals surface area contributed by atoms with E-state index in [0.29, 0.717) is 64.1 Å². The van der Waals surface area contributed by atoms with Crippen molar-refractivity contribution in [2.45, 2.75) is 26.2 Å². The first kappa shape index (κ1) is 22.4. The molecule has 0 saturated heterocycles. The number of carbonyl (C=O) groups excluding carboxylic acids is 1. The zero-order chi connectivity index (χ0) is 19.3. The molecule has 1 aromatic rings. The van der Waals surface area contributed by atoms with Crippen molar-refractivity contribution in [1.29, 1.82) is 0 Å². The molecule has 26 heavy (non-hydrogen) atoms. The number of nitrogens with one attached hydrogen (secondary N) is 1. The maximum Gasteiger partial charge on any atom is 0.211 e. The normalized spacial score (nSPS) is 11.4. The zero-order valence-corrected chi connectivity index (χ0v) is 16.0. The first-order valence-electron chi connectivity index (χ1n) is 8.80. The number of aliphatic hydroxyl groups excluding tert-OH is 1. The fraction of sp³-hybridized carbons (Fsp3) is 0.632. The highest BCUT2D eigenvalue weighted by Crippen LogP contribution is 2.31. The van der Waals surface area contributed by atoms with Gasteiger partial charge in [-0.2, -0.15) is 0 Å². The standard InChI is InChI=1S/C19H31NO6/c1-19(2,3)16-4-5-18(17(14-16)20-15-22)26-13-12-25-11-10-24-9-8-23-7-6-21/h4-5,14-15,21H,6-13H2,1-3H3,(H,20,22). The van der Waals surface area contributed by atoms with Crippen LogP contribution in [0.1, 0.15) is 26.3 Å². The number of amides is 1. The molecule has 148 valence electrons. The largest absolute Gasteiger partial charge is 0.489 e. The van der Waals surface area contributed by atoms with Gasteiger partial charge in [0.15, 0.2) is 0 Å². The Balaban J connectivity index is 2.25.